The monoisotopic (exact) mass is 199 g/mol. The largest absolute Gasteiger partial charge is 0.372 e. The Labute approximate surface area is 88.4 Å². The van der Waals surface area contributed by atoms with Gasteiger partial charge in [-0.25, -0.2) is 0 Å². The van der Waals surface area contributed by atoms with E-state index in [1.807, 2.05) is 0 Å². The van der Waals surface area contributed by atoms with Crippen molar-refractivity contribution in [2.45, 2.75) is 59.1 Å². The number of hydrogen-bond acceptors (Lipinski definition) is 2. The quantitative estimate of drug-likeness (QED) is 0.738. The van der Waals surface area contributed by atoms with Crippen molar-refractivity contribution in [3.63, 3.8) is 0 Å². The van der Waals surface area contributed by atoms with Crippen molar-refractivity contribution in [2.75, 3.05) is 13.2 Å². The molecule has 1 saturated heterocycles. The van der Waals surface area contributed by atoms with E-state index in [1.54, 1.807) is 0 Å². The summed E-state index contributed by atoms with van der Waals surface area (Å²) in [6, 6.07) is 0.471. The van der Waals surface area contributed by atoms with Gasteiger partial charge in [0.05, 0.1) is 12.2 Å². The van der Waals surface area contributed by atoms with Gasteiger partial charge in [-0.15, -0.1) is 0 Å². The third-order valence-corrected chi connectivity index (χ3v) is 3.43. The van der Waals surface area contributed by atoms with Crippen LogP contribution in [0.3, 0.4) is 0 Å². The minimum atomic E-state index is 0.0521. The normalized spacial score (nSPS) is 27.6. The summed E-state index contributed by atoms with van der Waals surface area (Å²) in [6.07, 6.45) is 2.19. The predicted molar refractivity (Wildman–Crippen MR) is 60.5 cm³/mol. The zero-order valence-electron chi connectivity index (χ0n) is 10.3. The van der Waals surface area contributed by atoms with Crippen LogP contribution in [0.25, 0.3) is 0 Å². The minimum absolute atomic E-state index is 0.0521. The molecule has 0 radical (unpaired) electrons. The second kappa shape index (κ2) is 4.19. The maximum Gasteiger partial charge on any atom is 0.0835 e. The molecule has 1 unspecified atom stereocenters. The molecule has 0 aromatic rings. The van der Waals surface area contributed by atoms with Gasteiger partial charge >= 0.3 is 0 Å². The highest BCUT2D eigenvalue weighted by Crippen LogP contribution is 2.36. The summed E-state index contributed by atoms with van der Waals surface area (Å²) in [6.45, 7) is 13.2. The van der Waals surface area contributed by atoms with Crippen LogP contribution in [-0.2, 0) is 4.74 Å². The van der Waals surface area contributed by atoms with Crippen LogP contribution in [0.15, 0.2) is 0 Å². The van der Waals surface area contributed by atoms with E-state index in [0.29, 0.717) is 6.04 Å². The van der Waals surface area contributed by atoms with Crippen molar-refractivity contribution in [3.8, 4) is 0 Å². The minimum Gasteiger partial charge on any atom is -0.372 e. The summed E-state index contributed by atoms with van der Waals surface area (Å²) >= 11 is 0. The molecule has 84 valence electrons. The Bertz CT molecular complexity index is 179. The van der Waals surface area contributed by atoms with E-state index < -0.39 is 0 Å². The van der Waals surface area contributed by atoms with Crippen LogP contribution < -0.4 is 5.32 Å². The van der Waals surface area contributed by atoms with Crippen molar-refractivity contribution in [3.05, 3.63) is 0 Å². The molecule has 14 heavy (non-hydrogen) atoms. The number of rotatable bonds is 2. The molecular formula is C12H25NO. The van der Waals surface area contributed by atoms with Gasteiger partial charge in [0.2, 0.25) is 0 Å². The smallest absolute Gasteiger partial charge is 0.0835 e. The molecule has 0 aromatic carbocycles. The fourth-order valence-corrected chi connectivity index (χ4v) is 2.68. The molecule has 0 spiro atoms. The summed E-state index contributed by atoms with van der Waals surface area (Å²) in [5, 5.41) is 3.63. The molecule has 1 atom stereocenters. The van der Waals surface area contributed by atoms with Gasteiger partial charge in [0, 0.05) is 12.6 Å². The van der Waals surface area contributed by atoms with E-state index in [4.69, 9.17) is 4.74 Å². The number of nitrogens with one attached hydrogen (secondary N) is 1. The Morgan fingerprint density at radius 3 is 2.21 bits per heavy atom. The lowest BCUT2D eigenvalue weighted by atomic mass is 9.73. The molecule has 0 aliphatic carbocycles. The molecule has 1 heterocycles. The summed E-state index contributed by atoms with van der Waals surface area (Å²) < 4.78 is 6.04. The standard InChI is InChI=1S/C12H25NO/c1-6-12(7-2)10(11(3,4)5)13-8-9-14-12/h10,13H,6-9H2,1-5H3. The molecule has 0 aromatic heterocycles. The average molecular weight is 199 g/mol. The average Bonchev–Trinajstić information content (AvgIpc) is 2.16. The number of morpholine rings is 1. The first-order chi connectivity index (χ1) is 6.46. The van der Waals surface area contributed by atoms with Crippen LogP contribution in [-0.4, -0.2) is 24.8 Å². The Hall–Kier alpha value is -0.0800. The van der Waals surface area contributed by atoms with Gasteiger partial charge in [-0.05, 0) is 18.3 Å². The summed E-state index contributed by atoms with van der Waals surface area (Å²) in [4.78, 5) is 0. The van der Waals surface area contributed by atoms with E-state index in [2.05, 4.69) is 39.9 Å². The highest BCUT2D eigenvalue weighted by atomic mass is 16.5. The van der Waals surface area contributed by atoms with Crippen LogP contribution in [0.5, 0.6) is 0 Å². The van der Waals surface area contributed by atoms with E-state index in [-0.39, 0.29) is 11.0 Å². The Kier molecular flexibility index (Phi) is 3.59. The number of ether oxygens (including phenoxy) is 1. The second-order valence-electron chi connectivity index (χ2n) is 5.37. The van der Waals surface area contributed by atoms with Gasteiger partial charge in [0.1, 0.15) is 0 Å². The van der Waals surface area contributed by atoms with Crippen LogP contribution in [0.4, 0.5) is 0 Å². The maximum atomic E-state index is 6.04. The lowest BCUT2D eigenvalue weighted by molar-refractivity contribution is -0.126. The molecule has 1 rings (SSSR count). The third kappa shape index (κ3) is 2.12. The second-order valence-corrected chi connectivity index (χ2v) is 5.37. The number of hydrogen-bond donors (Lipinski definition) is 1. The highest BCUT2D eigenvalue weighted by Gasteiger charge is 2.44. The lowest BCUT2D eigenvalue weighted by Gasteiger charge is -2.49. The van der Waals surface area contributed by atoms with Crippen molar-refractivity contribution in [1.82, 2.24) is 5.32 Å². The zero-order chi connectivity index (χ0) is 10.8. The van der Waals surface area contributed by atoms with Crippen LogP contribution in [0.1, 0.15) is 47.5 Å². The van der Waals surface area contributed by atoms with Gasteiger partial charge in [0.15, 0.2) is 0 Å². The van der Waals surface area contributed by atoms with Crippen molar-refractivity contribution >= 4 is 0 Å². The Balaban J connectivity index is 2.87. The SMILES string of the molecule is CCC1(CC)OCCNC1C(C)(C)C. The lowest BCUT2D eigenvalue weighted by Crippen LogP contribution is -2.62. The van der Waals surface area contributed by atoms with Crippen molar-refractivity contribution < 1.29 is 4.74 Å². The summed E-state index contributed by atoms with van der Waals surface area (Å²) in [5.74, 6) is 0. The van der Waals surface area contributed by atoms with Crippen LogP contribution in [0.2, 0.25) is 0 Å². The molecule has 0 saturated carbocycles. The Morgan fingerprint density at radius 1 is 1.29 bits per heavy atom. The topological polar surface area (TPSA) is 21.3 Å². The highest BCUT2D eigenvalue weighted by molar-refractivity contribution is 5.00. The van der Waals surface area contributed by atoms with E-state index in [9.17, 15) is 0 Å². The van der Waals surface area contributed by atoms with Gasteiger partial charge < -0.3 is 10.1 Å². The maximum absolute atomic E-state index is 6.04. The third-order valence-electron chi connectivity index (χ3n) is 3.43. The molecule has 1 aliphatic rings. The summed E-state index contributed by atoms with van der Waals surface area (Å²) in [7, 11) is 0. The summed E-state index contributed by atoms with van der Waals surface area (Å²) in [5.41, 5.74) is 0.322. The van der Waals surface area contributed by atoms with Gasteiger partial charge in [-0.1, -0.05) is 34.6 Å². The first-order valence-corrected chi connectivity index (χ1v) is 5.83. The van der Waals surface area contributed by atoms with Gasteiger partial charge in [0.25, 0.3) is 0 Å². The van der Waals surface area contributed by atoms with Crippen molar-refractivity contribution in [2.24, 2.45) is 5.41 Å². The van der Waals surface area contributed by atoms with Gasteiger partial charge in [-0.2, -0.15) is 0 Å². The van der Waals surface area contributed by atoms with E-state index >= 15 is 0 Å². The molecular weight excluding hydrogens is 174 g/mol. The van der Waals surface area contributed by atoms with Crippen LogP contribution >= 0.6 is 0 Å². The molecule has 2 heteroatoms. The van der Waals surface area contributed by atoms with E-state index in [0.717, 1.165) is 26.0 Å². The molecule has 0 bridgehead atoms. The molecule has 0 amide bonds. The fourth-order valence-electron chi connectivity index (χ4n) is 2.68. The first-order valence-electron chi connectivity index (χ1n) is 5.83. The van der Waals surface area contributed by atoms with Crippen molar-refractivity contribution in [1.29, 1.82) is 0 Å². The van der Waals surface area contributed by atoms with E-state index in [1.165, 1.54) is 0 Å². The first kappa shape index (κ1) is 12.0. The molecule has 2 nitrogen and oxygen atoms in total. The zero-order valence-corrected chi connectivity index (χ0v) is 10.3. The van der Waals surface area contributed by atoms with Gasteiger partial charge in [-0.3, -0.25) is 0 Å². The predicted octanol–water partition coefficient (Wildman–Crippen LogP) is 2.58. The molecule has 1 N–H and O–H groups in total. The molecule has 1 fully saturated rings. The fraction of sp³-hybridized carbons (Fsp3) is 1.00. The molecule has 1 aliphatic heterocycles. The van der Waals surface area contributed by atoms with Crippen LogP contribution in [0, 0.1) is 5.41 Å². The Morgan fingerprint density at radius 2 is 1.86 bits per heavy atom.